The summed E-state index contributed by atoms with van der Waals surface area (Å²) in [4.78, 5) is 2.65. The van der Waals surface area contributed by atoms with Crippen molar-refractivity contribution in [1.82, 2.24) is 0 Å². The van der Waals surface area contributed by atoms with Crippen molar-refractivity contribution in [1.29, 1.82) is 0 Å². The highest BCUT2D eigenvalue weighted by Gasteiger charge is 2.21. The Bertz CT molecular complexity index is 637. The minimum Gasteiger partial charge on any atom is -0.496 e. The largest absolute Gasteiger partial charge is 0.496 e. The van der Waals surface area contributed by atoms with Crippen molar-refractivity contribution in [3.05, 3.63) is 39.1 Å². The van der Waals surface area contributed by atoms with E-state index in [2.05, 4.69) is 35.8 Å². The second kappa shape index (κ2) is 6.71. The molecule has 0 fully saturated rings. The second-order valence-electron chi connectivity index (χ2n) is 4.68. The quantitative estimate of drug-likeness (QED) is 0.702. The number of rotatable bonds is 5. The fraction of sp³-hybridized carbons (Fsp3) is 0.375. The van der Waals surface area contributed by atoms with Crippen molar-refractivity contribution in [2.75, 3.05) is 21.3 Å². The zero-order valence-corrected chi connectivity index (χ0v) is 15.2. The Labute approximate surface area is 138 Å². The molecule has 1 aromatic carbocycles. The molecule has 0 saturated heterocycles. The van der Waals surface area contributed by atoms with Crippen LogP contribution in [0.4, 0.5) is 0 Å². The summed E-state index contributed by atoms with van der Waals surface area (Å²) in [6.07, 6.45) is 0. The van der Waals surface area contributed by atoms with Crippen LogP contribution in [0, 0.1) is 13.8 Å². The van der Waals surface area contributed by atoms with Crippen LogP contribution >= 0.6 is 27.3 Å². The molecule has 0 aliphatic heterocycles. The highest BCUT2D eigenvalue weighted by Crippen LogP contribution is 2.44. The summed E-state index contributed by atoms with van der Waals surface area (Å²) >= 11 is 5.59. The lowest BCUT2D eigenvalue weighted by Crippen LogP contribution is -2.00. The Morgan fingerprint density at radius 2 is 1.43 bits per heavy atom. The lowest BCUT2D eigenvalue weighted by atomic mass is 10.0. The molecular weight excluding hydrogens is 352 g/mol. The minimum atomic E-state index is 0.0530. The number of hydrogen-bond acceptors (Lipinski definition) is 4. The van der Waals surface area contributed by atoms with Crippen molar-refractivity contribution in [3.8, 4) is 17.2 Å². The number of alkyl halides is 1. The van der Waals surface area contributed by atoms with Crippen molar-refractivity contribution < 1.29 is 14.2 Å². The van der Waals surface area contributed by atoms with Crippen LogP contribution in [0.3, 0.4) is 0 Å². The number of halogens is 1. The van der Waals surface area contributed by atoms with Crippen LogP contribution in [0.1, 0.15) is 25.7 Å². The molecule has 1 unspecified atom stereocenters. The van der Waals surface area contributed by atoms with Gasteiger partial charge in [-0.05, 0) is 31.5 Å². The number of aryl methyl sites for hydroxylation is 2. The Morgan fingerprint density at radius 1 is 0.857 bits per heavy atom. The second-order valence-corrected chi connectivity index (χ2v) is 7.06. The molecule has 0 saturated carbocycles. The fourth-order valence-electron chi connectivity index (χ4n) is 2.32. The van der Waals surface area contributed by atoms with E-state index in [4.69, 9.17) is 14.2 Å². The smallest absolute Gasteiger partial charge is 0.164 e. The van der Waals surface area contributed by atoms with E-state index in [0.717, 1.165) is 11.3 Å². The first-order valence-electron chi connectivity index (χ1n) is 6.52. The van der Waals surface area contributed by atoms with Gasteiger partial charge in [0.1, 0.15) is 5.75 Å². The predicted octanol–water partition coefficient (Wildman–Crippen LogP) is 4.88. The summed E-state index contributed by atoms with van der Waals surface area (Å²) in [6.45, 7) is 4.25. The van der Waals surface area contributed by atoms with E-state index in [-0.39, 0.29) is 4.83 Å². The monoisotopic (exact) mass is 370 g/mol. The SMILES string of the molecule is COc1cc(OC)c(C(Br)c2cc(C)sc2C)cc1OC. The summed E-state index contributed by atoms with van der Waals surface area (Å²) in [7, 11) is 4.92. The normalized spacial score (nSPS) is 12.1. The lowest BCUT2D eigenvalue weighted by Gasteiger charge is -2.18. The molecule has 0 aliphatic rings. The van der Waals surface area contributed by atoms with Gasteiger partial charge in [0.05, 0.1) is 26.2 Å². The molecule has 3 nitrogen and oxygen atoms in total. The number of hydrogen-bond donors (Lipinski definition) is 0. The molecule has 1 atom stereocenters. The Kier molecular flexibility index (Phi) is 5.17. The van der Waals surface area contributed by atoms with Crippen LogP contribution in [0.25, 0.3) is 0 Å². The Morgan fingerprint density at radius 3 is 1.90 bits per heavy atom. The van der Waals surface area contributed by atoms with Gasteiger partial charge in [-0.2, -0.15) is 0 Å². The van der Waals surface area contributed by atoms with Crippen LogP contribution in [0.2, 0.25) is 0 Å². The van der Waals surface area contributed by atoms with Crippen molar-refractivity contribution in [2.24, 2.45) is 0 Å². The lowest BCUT2D eigenvalue weighted by molar-refractivity contribution is 0.347. The fourth-order valence-corrected chi connectivity index (χ4v) is 4.27. The van der Waals surface area contributed by atoms with E-state index >= 15 is 0 Å². The van der Waals surface area contributed by atoms with Crippen molar-refractivity contribution >= 4 is 27.3 Å². The Balaban J connectivity index is 2.53. The maximum atomic E-state index is 5.51. The molecule has 114 valence electrons. The van der Waals surface area contributed by atoms with Gasteiger partial charge in [-0.1, -0.05) is 15.9 Å². The molecule has 0 N–H and O–H groups in total. The molecule has 1 aromatic heterocycles. The van der Waals surface area contributed by atoms with Gasteiger partial charge in [0.2, 0.25) is 0 Å². The molecule has 0 bridgehead atoms. The number of methoxy groups -OCH3 is 3. The average molecular weight is 371 g/mol. The first-order chi connectivity index (χ1) is 10.0. The first kappa shape index (κ1) is 16.2. The molecule has 1 heterocycles. The van der Waals surface area contributed by atoms with Gasteiger partial charge in [0.25, 0.3) is 0 Å². The van der Waals surface area contributed by atoms with Crippen molar-refractivity contribution in [3.63, 3.8) is 0 Å². The standard InChI is InChI=1S/C16H19BrO3S/c1-9-6-11(10(2)21-9)16(17)12-7-14(19-4)15(20-5)8-13(12)18-3/h6-8,16H,1-5H3. The van der Waals surface area contributed by atoms with Gasteiger partial charge in [-0.25, -0.2) is 0 Å². The molecular formula is C16H19BrO3S. The van der Waals surface area contributed by atoms with Crippen LogP contribution in [-0.2, 0) is 0 Å². The molecule has 5 heteroatoms. The third kappa shape index (κ3) is 3.19. The Hall–Kier alpha value is -1.20. The van der Waals surface area contributed by atoms with Crippen LogP contribution in [0.5, 0.6) is 17.2 Å². The maximum Gasteiger partial charge on any atom is 0.164 e. The van der Waals surface area contributed by atoms with Crippen LogP contribution in [-0.4, -0.2) is 21.3 Å². The molecule has 0 aliphatic carbocycles. The van der Waals surface area contributed by atoms with Gasteiger partial charge >= 0.3 is 0 Å². The molecule has 2 aromatic rings. The molecule has 21 heavy (non-hydrogen) atoms. The van der Waals surface area contributed by atoms with Gasteiger partial charge in [-0.3, -0.25) is 0 Å². The highest BCUT2D eigenvalue weighted by atomic mass is 79.9. The summed E-state index contributed by atoms with van der Waals surface area (Å²) in [5.41, 5.74) is 2.28. The van der Waals surface area contributed by atoms with E-state index in [9.17, 15) is 0 Å². The summed E-state index contributed by atoms with van der Waals surface area (Å²) in [5, 5.41) is 0. The van der Waals surface area contributed by atoms with Crippen LogP contribution < -0.4 is 14.2 Å². The minimum absolute atomic E-state index is 0.0530. The van der Waals surface area contributed by atoms with E-state index in [1.807, 2.05) is 12.1 Å². The average Bonchev–Trinajstić information content (AvgIpc) is 2.83. The number of thiophene rings is 1. The van der Waals surface area contributed by atoms with E-state index < -0.39 is 0 Å². The van der Waals surface area contributed by atoms with E-state index in [1.54, 1.807) is 32.7 Å². The summed E-state index contributed by atoms with van der Waals surface area (Å²) < 4.78 is 16.2. The predicted molar refractivity (Wildman–Crippen MR) is 90.7 cm³/mol. The maximum absolute atomic E-state index is 5.51. The number of benzene rings is 1. The summed E-state index contributed by atoms with van der Waals surface area (Å²) in [5.74, 6) is 2.14. The van der Waals surface area contributed by atoms with E-state index in [0.29, 0.717) is 11.5 Å². The molecule has 0 spiro atoms. The van der Waals surface area contributed by atoms with Gasteiger partial charge < -0.3 is 14.2 Å². The van der Waals surface area contributed by atoms with Crippen LogP contribution in [0.15, 0.2) is 18.2 Å². The van der Waals surface area contributed by atoms with Gasteiger partial charge in [0, 0.05) is 21.4 Å². The number of ether oxygens (including phenoxy) is 3. The topological polar surface area (TPSA) is 27.7 Å². The first-order valence-corrected chi connectivity index (χ1v) is 8.26. The highest BCUT2D eigenvalue weighted by molar-refractivity contribution is 9.09. The van der Waals surface area contributed by atoms with Gasteiger partial charge in [-0.15, -0.1) is 11.3 Å². The van der Waals surface area contributed by atoms with Gasteiger partial charge in [0.15, 0.2) is 11.5 Å². The zero-order chi connectivity index (χ0) is 15.6. The zero-order valence-electron chi connectivity index (χ0n) is 12.8. The summed E-state index contributed by atoms with van der Waals surface area (Å²) in [6, 6.07) is 6.02. The molecule has 0 amide bonds. The third-order valence-corrected chi connectivity index (χ3v) is 5.33. The third-order valence-electron chi connectivity index (χ3n) is 3.36. The molecule has 2 rings (SSSR count). The molecule has 0 radical (unpaired) electrons. The van der Waals surface area contributed by atoms with E-state index in [1.165, 1.54) is 15.3 Å². The van der Waals surface area contributed by atoms with Crippen molar-refractivity contribution in [2.45, 2.75) is 18.7 Å².